The van der Waals surface area contributed by atoms with Crippen LogP contribution >= 0.6 is 23.2 Å². The molecule has 3 nitrogen and oxygen atoms in total. The summed E-state index contributed by atoms with van der Waals surface area (Å²) in [5.41, 5.74) is 1.47. The third kappa shape index (κ3) is 2.55. The summed E-state index contributed by atoms with van der Waals surface area (Å²) in [5.74, 6) is 1.44. The van der Waals surface area contributed by atoms with Crippen LogP contribution in [0, 0.1) is 0 Å². The fourth-order valence-electron chi connectivity index (χ4n) is 1.90. The number of pyridine rings is 2. The van der Waals surface area contributed by atoms with Crippen molar-refractivity contribution in [1.82, 2.24) is 9.97 Å². The molecule has 0 radical (unpaired) electrons. The lowest BCUT2D eigenvalue weighted by atomic mass is 10.2. The Bertz CT molecular complexity index is 762. The van der Waals surface area contributed by atoms with Crippen LogP contribution in [0.15, 0.2) is 48.7 Å². The minimum absolute atomic E-state index is 0.344. The zero-order valence-electron chi connectivity index (χ0n) is 10.4. The third-order valence-electron chi connectivity index (χ3n) is 2.81. The van der Waals surface area contributed by atoms with Gasteiger partial charge in [-0.3, -0.25) is 4.98 Å². The number of ether oxygens (including phenoxy) is 1. The zero-order chi connectivity index (χ0) is 13.9. The molecule has 100 valence electrons. The van der Waals surface area contributed by atoms with Crippen LogP contribution in [-0.4, -0.2) is 9.97 Å². The van der Waals surface area contributed by atoms with Gasteiger partial charge in [0, 0.05) is 17.6 Å². The summed E-state index contributed by atoms with van der Waals surface area (Å²) in [7, 11) is 0. The molecule has 0 aliphatic rings. The number of nitrogens with zero attached hydrogens (tertiary/aromatic N) is 2. The molecular weight excluding hydrogens is 295 g/mol. The van der Waals surface area contributed by atoms with Crippen LogP contribution < -0.4 is 4.74 Å². The summed E-state index contributed by atoms with van der Waals surface area (Å²) in [6, 6.07) is 12.8. The summed E-state index contributed by atoms with van der Waals surface area (Å²) < 4.78 is 5.80. The monoisotopic (exact) mass is 304 g/mol. The van der Waals surface area contributed by atoms with Gasteiger partial charge in [-0.05, 0) is 30.3 Å². The molecule has 3 rings (SSSR count). The lowest BCUT2D eigenvalue weighted by molar-refractivity contribution is 0.465. The van der Waals surface area contributed by atoms with Gasteiger partial charge in [0.25, 0.3) is 0 Å². The number of benzene rings is 1. The van der Waals surface area contributed by atoms with E-state index in [9.17, 15) is 0 Å². The van der Waals surface area contributed by atoms with Crippen molar-refractivity contribution in [3.63, 3.8) is 0 Å². The maximum absolute atomic E-state index is 6.15. The summed E-state index contributed by atoms with van der Waals surface area (Å²) in [5, 5.41) is 1.49. The van der Waals surface area contributed by atoms with Gasteiger partial charge in [0.2, 0.25) is 5.88 Å². The molecule has 0 bridgehead atoms. The maximum atomic E-state index is 6.15. The standard InChI is InChI=1S/C15H10Cl2N2O/c16-9-10-3-1-5-14(19-10)20-13-7-6-12(17)11-4-2-8-18-15(11)13/h1-8H,9H2. The molecule has 2 aromatic heterocycles. The highest BCUT2D eigenvalue weighted by molar-refractivity contribution is 6.35. The van der Waals surface area contributed by atoms with Crippen LogP contribution in [0.3, 0.4) is 0 Å². The molecule has 0 amide bonds. The minimum Gasteiger partial charge on any atom is -0.437 e. The van der Waals surface area contributed by atoms with Crippen LogP contribution in [0.25, 0.3) is 10.9 Å². The van der Waals surface area contributed by atoms with Crippen molar-refractivity contribution in [3.05, 3.63) is 59.4 Å². The minimum atomic E-state index is 0.344. The Balaban J connectivity index is 2.04. The van der Waals surface area contributed by atoms with Crippen LogP contribution in [0.5, 0.6) is 11.6 Å². The molecule has 0 aliphatic heterocycles. The SMILES string of the molecule is ClCc1cccc(Oc2ccc(Cl)c3cccnc23)n1. The second-order valence-corrected chi connectivity index (χ2v) is 4.82. The fourth-order valence-corrected chi connectivity index (χ4v) is 2.26. The van der Waals surface area contributed by atoms with E-state index < -0.39 is 0 Å². The van der Waals surface area contributed by atoms with Crippen molar-refractivity contribution in [2.75, 3.05) is 0 Å². The molecule has 0 fully saturated rings. The van der Waals surface area contributed by atoms with Gasteiger partial charge in [0.15, 0.2) is 5.75 Å². The van der Waals surface area contributed by atoms with Gasteiger partial charge in [0.1, 0.15) is 5.52 Å². The van der Waals surface area contributed by atoms with E-state index in [0.717, 1.165) is 11.1 Å². The Labute approximate surface area is 126 Å². The summed E-state index contributed by atoms with van der Waals surface area (Å²) >= 11 is 11.9. The first-order chi connectivity index (χ1) is 9.78. The number of fused-ring (bicyclic) bond motifs is 1. The molecule has 0 atom stereocenters. The van der Waals surface area contributed by atoms with Gasteiger partial charge < -0.3 is 4.74 Å². The van der Waals surface area contributed by atoms with Crippen LogP contribution in [0.4, 0.5) is 0 Å². The maximum Gasteiger partial charge on any atom is 0.219 e. The highest BCUT2D eigenvalue weighted by Crippen LogP contribution is 2.32. The highest BCUT2D eigenvalue weighted by atomic mass is 35.5. The quantitative estimate of drug-likeness (QED) is 0.651. The molecular formula is C15H10Cl2N2O. The molecule has 0 unspecified atom stereocenters. The summed E-state index contributed by atoms with van der Waals surface area (Å²) in [6.07, 6.45) is 1.70. The zero-order valence-corrected chi connectivity index (χ0v) is 11.9. The Kier molecular flexibility index (Phi) is 3.72. The van der Waals surface area contributed by atoms with E-state index in [1.807, 2.05) is 24.3 Å². The number of alkyl halides is 1. The van der Waals surface area contributed by atoms with Crippen molar-refractivity contribution in [2.45, 2.75) is 5.88 Å². The first-order valence-electron chi connectivity index (χ1n) is 6.01. The number of halogens is 2. The van der Waals surface area contributed by atoms with Gasteiger partial charge in [-0.25, -0.2) is 4.98 Å². The normalized spacial score (nSPS) is 10.7. The van der Waals surface area contributed by atoms with Gasteiger partial charge >= 0.3 is 0 Å². The Hall–Kier alpha value is -1.84. The largest absolute Gasteiger partial charge is 0.437 e. The van der Waals surface area contributed by atoms with E-state index >= 15 is 0 Å². The number of hydrogen-bond donors (Lipinski definition) is 0. The number of aromatic nitrogens is 2. The van der Waals surface area contributed by atoms with E-state index in [1.54, 1.807) is 24.4 Å². The van der Waals surface area contributed by atoms with Crippen molar-refractivity contribution >= 4 is 34.1 Å². The number of hydrogen-bond acceptors (Lipinski definition) is 3. The third-order valence-corrected chi connectivity index (χ3v) is 3.42. The molecule has 20 heavy (non-hydrogen) atoms. The lowest BCUT2D eigenvalue weighted by Crippen LogP contribution is -1.93. The molecule has 2 heterocycles. The van der Waals surface area contributed by atoms with E-state index in [-0.39, 0.29) is 0 Å². The van der Waals surface area contributed by atoms with Crippen LogP contribution in [0.1, 0.15) is 5.69 Å². The average Bonchev–Trinajstić information content (AvgIpc) is 2.51. The molecule has 0 saturated carbocycles. The predicted molar refractivity (Wildman–Crippen MR) is 80.6 cm³/mol. The summed E-state index contributed by atoms with van der Waals surface area (Å²) in [6.45, 7) is 0. The predicted octanol–water partition coefficient (Wildman–Crippen LogP) is 4.81. The lowest BCUT2D eigenvalue weighted by Gasteiger charge is -2.09. The van der Waals surface area contributed by atoms with Crippen LogP contribution in [-0.2, 0) is 5.88 Å². The van der Waals surface area contributed by atoms with Crippen molar-refractivity contribution < 1.29 is 4.74 Å². The Morgan fingerprint density at radius 2 is 1.95 bits per heavy atom. The van der Waals surface area contributed by atoms with Gasteiger partial charge in [-0.2, -0.15) is 0 Å². The fraction of sp³-hybridized carbons (Fsp3) is 0.0667. The van der Waals surface area contributed by atoms with E-state index in [1.165, 1.54) is 0 Å². The first kappa shape index (κ1) is 13.2. The van der Waals surface area contributed by atoms with Crippen molar-refractivity contribution in [3.8, 4) is 11.6 Å². The van der Waals surface area contributed by atoms with Crippen molar-refractivity contribution in [1.29, 1.82) is 0 Å². The molecule has 5 heteroatoms. The second-order valence-electron chi connectivity index (χ2n) is 4.15. The Morgan fingerprint density at radius 1 is 1.05 bits per heavy atom. The molecule has 0 spiro atoms. The molecule has 1 aromatic carbocycles. The van der Waals surface area contributed by atoms with E-state index in [2.05, 4.69) is 9.97 Å². The Morgan fingerprint density at radius 3 is 2.80 bits per heavy atom. The summed E-state index contributed by atoms with van der Waals surface area (Å²) in [4.78, 5) is 8.62. The topological polar surface area (TPSA) is 35.0 Å². The van der Waals surface area contributed by atoms with Gasteiger partial charge in [0.05, 0.1) is 16.6 Å². The van der Waals surface area contributed by atoms with Crippen molar-refractivity contribution in [2.24, 2.45) is 0 Å². The first-order valence-corrected chi connectivity index (χ1v) is 6.92. The van der Waals surface area contributed by atoms with E-state index in [4.69, 9.17) is 27.9 Å². The molecule has 0 saturated heterocycles. The van der Waals surface area contributed by atoms with Gasteiger partial charge in [-0.15, -0.1) is 11.6 Å². The van der Waals surface area contributed by atoms with E-state index in [0.29, 0.717) is 28.0 Å². The van der Waals surface area contributed by atoms with Crippen LogP contribution in [0.2, 0.25) is 5.02 Å². The molecule has 0 N–H and O–H groups in total. The average molecular weight is 305 g/mol. The molecule has 0 aliphatic carbocycles. The smallest absolute Gasteiger partial charge is 0.219 e. The molecule has 3 aromatic rings. The second kappa shape index (κ2) is 5.65. The number of rotatable bonds is 3. The van der Waals surface area contributed by atoms with Gasteiger partial charge in [-0.1, -0.05) is 17.7 Å². The highest BCUT2D eigenvalue weighted by Gasteiger charge is 2.08.